The summed E-state index contributed by atoms with van der Waals surface area (Å²) in [4.78, 5) is 118. The predicted molar refractivity (Wildman–Crippen MR) is 528 cm³/mol. The van der Waals surface area contributed by atoms with Crippen molar-refractivity contribution in [1.29, 1.82) is 0 Å². The maximum absolute atomic E-state index is 12.5. The van der Waals surface area contributed by atoms with Crippen LogP contribution in [0.5, 0.6) is 0 Å². The molecule has 22 nitrogen and oxygen atoms in total. The van der Waals surface area contributed by atoms with Crippen molar-refractivity contribution in [3.63, 3.8) is 0 Å². The first-order valence-electron chi connectivity index (χ1n) is 42.0. The molecule has 698 valence electrons. The summed E-state index contributed by atoms with van der Waals surface area (Å²) in [5, 5.41) is 23.5. The first-order valence-corrected chi connectivity index (χ1v) is 45.2. The quantitative estimate of drug-likeness (QED) is 0.0263. The number of rotatable bonds is 23. The number of carboxylic acid groups (broad SMARTS) is 2. The van der Waals surface area contributed by atoms with Crippen LogP contribution in [0.2, 0.25) is 0 Å². The van der Waals surface area contributed by atoms with Gasteiger partial charge in [0, 0.05) is 22.8 Å². The van der Waals surface area contributed by atoms with E-state index in [1.54, 1.807) is 79.7 Å². The zero-order valence-corrected chi connectivity index (χ0v) is 86.9. The van der Waals surface area contributed by atoms with Crippen LogP contribution in [0.4, 0.5) is 9.59 Å². The number of amides is 2. The second kappa shape index (κ2) is 51.2. The molecule has 0 aliphatic carbocycles. The molecule has 127 heavy (non-hydrogen) atoms. The highest BCUT2D eigenvalue weighted by Crippen LogP contribution is 2.33. The highest BCUT2D eigenvalue weighted by Gasteiger charge is 2.39. The van der Waals surface area contributed by atoms with Gasteiger partial charge in [-0.3, -0.25) is 38.9 Å². The lowest BCUT2D eigenvalue weighted by atomic mass is 9.84. The minimum absolute atomic E-state index is 0.0850. The third-order valence-electron chi connectivity index (χ3n) is 18.3. The highest BCUT2D eigenvalue weighted by atomic mass is 127. The van der Waals surface area contributed by atoms with Crippen molar-refractivity contribution in [3.05, 3.63) is 248 Å². The molecular formula is C102H139I3N2O20. The molecule has 0 saturated carbocycles. The van der Waals surface area contributed by atoms with E-state index in [1.807, 2.05) is 323 Å². The highest BCUT2D eigenvalue weighted by molar-refractivity contribution is 14.1. The molecule has 2 amide bonds. The van der Waals surface area contributed by atoms with E-state index in [9.17, 15) is 53.1 Å². The lowest BCUT2D eigenvalue weighted by molar-refractivity contribution is -0.161. The molecule has 25 heteroatoms. The fourth-order valence-electron chi connectivity index (χ4n) is 10.7. The van der Waals surface area contributed by atoms with Crippen LogP contribution in [0.25, 0.3) is 6.08 Å². The number of hydrogen-bond donors (Lipinski definition) is 4. The molecule has 0 heterocycles. The van der Waals surface area contributed by atoms with E-state index < -0.39 is 90.7 Å². The van der Waals surface area contributed by atoms with Crippen molar-refractivity contribution < 1.29 is 96.1 Å². The number of carboxylic acids is 2. The van der Waals surface area contributed by atoms with Gasteiger partial charge in [0.1, 0.15) is 34.0 Å². The second-order valence-electron chi connectivity index (χ2n) is 37.9. The lowest BCUT2D eigenvalue weighted by Crippen LogP contribution is -2.44. The summed E-state index contributed by atoms with van der Waals surface area (Å²) in [6.45, 7) is 57.7. The molecule has 7 aromatic carbocycles. The van der Waals surface area contributed by atoms with Crippen molar-refractivity contribution >= 4 is 134 Å². The molecule has 0 aliphatic heterocycles. The Morgan fingerprint density at radius 1 is 0.331 bits per heavy atom. The van der Waals surface area contributed by atoms with Crippen molar-refractivity contribution in [2.24, 2.45) is 0 Å². The van der Waals surface area contributed by atoms with Crippen molar-refractivity contribution in [3.8, 4) is 0 Å². The van der Waals surface area contributed by atoms with Crippen molar-refractivity contribution in [2.45, 2.75) is 294 Å². The zero-order valence-electron chi connectivity index (χ0n) is 80.4. The fraction of sp³-hybridized carbons (Fsp3) is 0.471. The van der Waals surface area contributed by atoms with Crippen LogP contribution in [-0.2, 0) is 122 Å². The van der Waals surface area contributed by atoms with Gasteiger partial charge in [-0.2, -0.15) is 0 Å². The second-order valence-corrected chi connectivity index (χ2v) is 41.6. The molecule has 0 fully saturated rings. The summed E-state index contributed by atoms with van der Waals surface area (Å²) in [7, 11) is 0. The summed E-state index contributed by atoms with van der Waals surface area (Å²) in [6.07, 6.45) is 1.02. The Balaban J connectivity index is 0.000000760. The summed E-state index contributed by atoms with van der Waals surface area (Å²) in [6, 6.07) is 56.2. The average Bonchev–Trinajstić information content (AvgIpc) is 0.830. The number of halogens is 3. The molecule has 1 unspecified atom stereocenters. The molecule has 0 saturated heterocycles. The van der Waals surface area contributed by atoms with Crippen LogP contribution < -0.4 is 10.6 Å². The number of carbonyl (C=O) groups excluding carboxylic acids is 8. The van der Waals surface area contributed by atoms with E-state index in [1.165, 1.54) is 0 Å². The van der Waals surface area contributed by atoms with Gasteiger partial charge in [0.2, 0.25) is 0 Å². The minimum Gasteiger partial charge on any atom is -0.481 e. The molecule has 7 rings (SSSR count). The number of alkyl carbamates (subject to hydrolysis) is 2. The number of aliphatic carboxylic acids is 2. The first kappa shape index (κ1) is 116. The summed E-state index contributed by atoms with van der Waals surface area (Å²) in [5.41, 5.74) is 1.72. The standard InChI is InChI=1S/C22H33NO6.C22H33NO4.C14H19IO2.C12H15IO2.C12H16O2.C10H11IO2.C10H12O2/c1-20(2,3)28-18(26)22(7,8)15-11-9-14(10-12-15)13-16(17(24)25)23-19(27)29-21(4,5)6;1-15(23-19(25)27-21(5,6)7)14-16-10-12-17(13-11-16)22(8,9)18(24)26-20(2,3)4;1-13(2,3)17-12(16)14(4,5)10-6-8-11(15)9-7-10;1-4-15-11(14)12(2,3)9-5-7-10(13)8-6-9;1-4-14-11(13)12(2,3)10-8-6-5-7-9-10;1-10(2,9(12)13)7-3-5-8(11)6-4-7;1-2-12-10(11)8-9-6-4-3-5-7-9/h9-12,16H,13H2,1-8H3,(H,23,27)(H,24,25);10-14H,1-9H3,(H,23,25);6-9H,1-5H3;5-8H,4H2,1-3H3;5-9H,4H2,1-3H3;3-6H,1-2H3,(H,12,13);3-7H,2,8H2,1H3/b;15-14-;;;;;. The van der Waals surface area contributed by atoms with E-state index >= 15 is 0 Å². The third kappa shape index (κ3) is 44.1. The Morgan fingerprint density at radius 3 is 0.906 bits per heavy atom. The Bertz CT molecular complexity index is 4680. The van der Waals surface area contributed by atoms with Crippen molar-refractivity contribution in [1.82, 2.24) is 10.6 Å². The number of ether oxygens (including phenoxy) is 8. The van der Waals surface area contributed by atoms with Crippen LogP contribution in [0, 0.1) is 10.7 Å². The van der Waals surface area contributed by atoms with Crippen LogP contribution in [0.15, 0.2) is 188 Å². The van der Waals surface area contributed by atoms with Crippen LogP contribution in [0.3, 0.4) is 0 Å². The van der Waals surface area contributed by atoms with E-state index in [0.29, 0.717) is 37.5 Å². The Hall–Kier alpha value is -9.23. The monoisotopic (exact) mass is 2090 g/mol. The van der Waals surface area contributed by atoms with E-state index in [2.05, 4.69) is 78.4 Å². The number of hydrogen-bond acceptors (Lipinski definition) is 18. The zero-order chi connectivity index (χ0) is 97.9. The maximum atomic E-state index is 12.5. The molecule has 0 spiro atoms. The van der Waals surface area contributed by atoms with E-state index in [4.69, 9.17) is 43.0 Å². The largest absolute Gasteiger partial charge is 0.481 e. The van der Waals surface area contributed by atoms with Gasteiger partial charge in [-0.1, -0.05) is 146 Å². The normalized spacial score (nSPS) is 12.1. The minimum atomic E-state index is -1.16. The molecular weight excluding hydrogens is 1950 g/mol. The SMILES string of the molecule is C/C(=C/c1ccc(C(C)(C)C(=O)OC(C)(C)C)cc1)NC(=O)OC(C)(C)C.CC(C)(C(=O)O)c1ccc(I)cc1.CC(C)(C)OC(=O)C(C)(C)c1ccc(I)cc1.CC(C)(C)OC(=O)NC(Cc1ccc(C(C)(C)C(=O)OC(C)(C)C)cc1)C(=O)O.CCOC(=O)C(C)(C)c1ccc(I)cc1.CCOC(=O)C(C)(C)c1ccccc1.CCOC(=O)Cc1ccccc1. The molecule has 0 aromatic heterocycles. The van der Waals surface area contributed by atoms with Gasteiger partial charge in [-0.05, 0) is 375 Å². The predicted octanol–water partition coefficient (Wildman–Crippen LogP) is 23.0. The molecule has 0 radical (unpaired) electrons. The topological polar surface area (TPSA) is 309 Å². The van der Waals surface area contributed by atoms with Crippen LogP contribution >= 0.6 is 67.8 Å². The summed E-state index contributed by atoms with van der Waals surface area (Å²) >= 11 is 6.69. The van der Waals surface area contributed by atoms with Gasteiger partial charge in [0.05, 0.1) is 58.7 Å². The molecule has 0 aliphatic rings. The van der Waals surface area contributed by atoms with Gasteiger partial charge in [-0.15, -0.1) is 0 Å². The smallest absolute Gasteiger partial charge is 0.411 e. The average molecular weight is 2090 g/mol. The molecule has 0 bridgehead atoms. The first-order chi connectivity index (χ1) is 58.1. The lowest BCUT2D eigenvalue weighted by Gasteiger charge is -2.29. The number of allylic oxidation sites excluding steroid dienone is 1. The Kier molecular flexibility index (Phi) is 46.7. The van der Waals surface area contributed by atoms with E-state index in [0.717, 1.165) is 55.2 Å². The fourth-order valence-corrected chi connectivity index (χ4v) is 11.8. The van der Waals surface area contributed by atoms with Gasteiger partial charge in [-0.25, -0.2) is 14.4 Å². The number of esters is 6. The van der Waals surface area contributed by atoms with Crippen LogP contribution in [0.1, 0.15) is 265 Å². The Labute approximate surface area is 796 Å². The van der Waals surface area contributed by atoms with Crippen LogP contribution in [-0.4, -0.2) is 124 Å². The number of nitrogens with one attached hydrogen (secondary N) is 2. The summed E-state index contributed by atoms with van der Waals surface area (Å²) in [5.74, 6) is -3.26. The van der Waals surface area contributed by atoms with E-state index in [-0.39, 0.29) is 42.2 Å². The van der Waals surface area contributed by atoms with Crippen molar-refractivity contribution in [2.75, 3.05) is 19.8 Å². The third-order valence-corrected chi connectivity index (χ3v) is 20.5. The summed E-state index contributed by atoms with van der Waals surface area (Å²) < 4.78 is 45.1. The maximum Gasteiger partial charge on any atom is 0.411 e. The molecule has 7 aromatic rings. The van der Waals surface area contributed by atoms with Gasteiger partial charge in [0.25, 0.3) is 0 Å². The molecule has 1 atom stereocenters. The number of benzene rings is 7. The Morgan fingerprint density at radius 2 is 0.606 bits per heavy atom. The van der Waals surface area contributed by atoms with Gasteiger partial charge < -0.3 is 53.4 Å². The molecule has 4 N–H and O–H groups in total. The van der Waals surface area contributed by atoms with Gasteiger partial charge in [0.15, 0.2) is 0 Å². The number of carbonyl (C=O) groups is 10. The van der Waals surface area contributed by atoms with Gasteiger partial charge >= 0.3 is 59.9 Å².